The summed E-state index contributed by atoms with van der Waals surface area (Å²) in [6.45, 7) is 6.71. The van der Waals surface area contributed by atoms with E-state index in [-0.39, 0.29) is 17.0 Å². The average molecular weight is 223 g/mol. The van der Waals surface area contributed by atoms with Crippen molar-refractivity contribution in [2.45, 2.75) is 20.8 Å². The molecular formula is C10H17N5O. The Morgan fingerprint density at radius 3 is 2.50 bits per heavy atom. The van der Waals surface area contributed by atoms with Gasteiger partial charge in [-0.25, -0.2) is 5.84 Å². The van der Waals surface area contributed by atoms with Crippen molar-refractivity contribution in [3.63, 3.8) is 0 Å². The number of nitrogens with zero attached hydrogens (tertiary/aromatic N) is 2. The second-order valence-electron chi connectivity index (χ2n) is 4.69. The van der Waals surface area contributed by atoms with Crippen LogP contribution >= 0.6 is 0 Å². The molecule has 16 heavy (non-hydrogen) atoms. The Morgan fingerprint density at radius 2 is 2.06 bits per heavy atom. The molecule has 1 rings (SSSR count). The lowest BCUT2D eigenvalue weighted by Crippen LogP contribution is -2.32. The lowest BCUT2D eigenvalue weighted by molar-refractivity contribution is 0.0933. The number of hydrogen-bond acceptors (Lipinski definition) is 5. The maximum Gasteiger partial charge on any atom is 0.271 e. The summed E-state index contributed by atoms with van der Waals surface area (Å²) in [6.07, 6.45) is 0. The number of nitrogen functional groups attached to an aromatic ring is 1. The highest BCUT2D eigenvalue weighted by Crippen LogP contribution is 2.10. The molecule has 0 aliphatic rings. The van der Waals surface area contributed by atoms with Crippen molar-refractivity contribution in [2.75, 3.05) is 12.0 Å². The summed E-state index contributed by atoms with van der Waals surface area (Å²) in [5, 5.41) is 10.2. The Kier molecular flexibility index (Phi) is 3.78. The number of carbonyl (C=O) groups is 1. The monoisotopic (exact) mass is 223 g/mol. The smallest absolute Gasteiger partial charge is 0.271 e. The molecule has 1 aromatic rings. The average Bonchev–Trinajstić information content (AvgIpc) is 2.25. The van der Waals surface area contributed by atoms with E-state index in [0.717, 1.165) is 0 Å². The third-order valence-corrected chi connectivity index (χ3v) is 1.82. The summed E-state index contributed by atoms with van der Waals surface area (Å²) in [5.74, 6) is 5.33. The van der Waals surface area contributed by atoms with Gasteiger partial charge < -0.3 is 10.7 Å². The predicted octanol–water partition coefficient (Wildman–Crippen LogP) is 0.538. The van der Waals surface area contributed by atoms with Crippen LogP contribution in [0, 0.1) is 5.41 Å². The van der Waals surface area contributed by atoms with E-state index in [9.17, 15) is 4.79 Å². The van der Waals surface area contributed by atoms with Crippen LogP contribution in [0.15, 0.2) is 12.1 Å². The Balaban J connectivity index is 2.59. The summed E-state index contributed by atoms with van der Waals surface area (Å²) >= 11 is 0. The maximum atomic E-state index is 11.6. The molecule has 6 heteroatoms. The molecule has 0 aromatic carbocycles. The molecule has 0 fully saturated rings. The van der Waals surface area contributed by atoms with Gasteiger partial charge in [0, 0.05) is 6.54 Å². The Hall–Kier alpha value is -1.69. The van der Waals surface area contributed by atoms with Crippen LogP contribution in [0.1, 0.15) is 31.3 Å². The standard InChI is InChI=1S/C10H17N5O/c1-10(2,3)6-12-9(16)7-4-5-8(13-11)15-14-7/h4-5H,6,11H2,1-3H3,(H,12,16)(H,13,15). The van der Waals surface area contributed by atoms with Crippen molar-refractivity contribution in [2.24, 2.45) is 11.3 Å². The van der Waals surface area contributed by atoms with Crippen molar-refractivity contribution in [3.8, 4) is 0 Å². The normalized spacial score (nSPS) is 11.0. The fourth-order valence-corrected chi connectivity index (χ4v) is 0.966. The zero-order valence-corrected chi connectivity index (χ0v) is 9.74. The van der Waals surface area contributed by atoms with Gasteiger partial charge in [-0.1, -0.05) is 20.8 Å². The first-order chi connectivity index (χ1) is 7.42. The van der Waals surface area contributed by atoms with Crippen LogP contribution in [0.5, 0.6) is 0 Å². The second kappa shape index (κ2) is 4.89. The van der Waals surface area contributed by atoms with E-state index in [4.69, 9.17) is 5.84 Å². The zero-order chi connectivity index (χ0) is 12.2. The fourth-order valence-electron chi connectivity index (χ4n) is 0.966. The highest BCUT2D eigenvalue weighted by atomic mass is 16.1. The number of carbonyl (C=O) groups excluding carboxylic acids is 1. The zero-order valence-electron chi connectivity index (χ0n) is 9.74. The Labute approximate surface area is 94.6 Å². The highest BCUT2D eigenvalue weighted by molar-refractivity contribution is 5.92. The third-order valence-electron chi connectivity index (χ3n) is 1.82. The van der Waals surface area contributed by atoms with E-state index >= 15 is 0 Å². The lowest BCUT2D eigenvalue weighted by atomic mass is 9.97. The minimum Gasteiger partial charge on any atom is -0.350 e. The molecule has 88 valence electrons. The van der Waals surface area contributed by atoms with E-state index in [2.05, 4.69) is 20.9 Å². The molecule has 0 aliphatic heterocycles. The van der Waals surface area contributed by atoms with Crippen LogP contribution in [0.25, 0.3) is 0 Å². The van der Waals surface area contributed by atoms with Crippen LogP contribution in [0.3, 0.4) is 0 Å². The molecule has 0 aliphatic carbocycles. The summed E-state index contributed by atoms with van der Waals surface area (Å²) in [5.41, 5.74) is 2.67. The molecule has 0 unspecified atom stereocenters. The van der Waals surface area contributed by atoms with Crippen LogP contribution in [0.2, 0.25) is 0 Å². The van der Waals surface area contributed by atoms with Crippen LogP contribution in [0.4, 0.5) is 5.82 Å². The van der Waals surface area contributed by atoms with E-state index < -0.39 is 0 Å². The number of rotatable bonds is 3. The lowest BCUT2D eigenvalue weighted by Gasteiger charge is -2.18. The van der Waals surface area contributed by atoms with Crippen molar-refractivity contribution in [1.82, 2.24) is 15.5 Å². The van der Waals surface area contributed by atoms with Gasteiger partial charge in [-0.3, -0.25) is 4.79 Å². The van der Waals surface area contributed by atoms with E-state index in [1.54, 1.807) is 12.1 Å². The van der Waals surface area contributed by atoms with Gasteiger partial charge in [-0.15, -0.1) is 10.2 Å². The largest absolute Gasteiger partial charge is 0.350 e. The van der Waals surface area contributed by atoms with Gasteiger partial charge in [0.25, 0.3) is 5.91 Å². The SMILES string of the molecule is CC(C)(C)CNC(=O)c1ccc(NN)nn1. The first-order valence-electron chi connectivity index (χ1n) is 5.01. The molecule has 1 aromatic heterocycles. The molecule has 0 saturated carbocycles. The van der Waals surface area contributed by atoms with Gasteiger partial charge in [0.05, 0.1) is 0 Å². The quantitative estimate of drug-likeness (QED) is 0.513. The van der Waals surface area contributed by atoms with Crippen molar-refractivity contribution in [1.29, 1.82) is 0 Å². The first-order valence-corrected chi connectivity index (χ1v) is 5.01. The number of nitrogens with one attached hydrogen (secondary N) is 2. The number of aromatic nitrogens is 2. The molecule has 1 heterocycles. The van der Waals surface area contributed by atoms with Gasteiger partial charge >= 0.3 is 0 Å². The van der Waals surface area contributed by atoms with Crippen molar-refractivity contribution in [3.05, 3.63) is 17.8 Å². The molecule has 0 saturated heterocycles. The van der Waals surface area contributed by atoms with Crippen LogP contribution in [-0.4, -0.2) is 22.6 Å². The van der Waals surface area contributed by atoms with Gasteiger partial charge in [0.2, 0.25) is 0 Å². The minimum absolute atomic E-state index is 0.0435. The fraction of sp³-hybridized carbons (Fsp3) is 0.500. The molecule has 0 bridgehead atoms. The van der Waals surface area contributed by atoms with Crippen LogP contribution in [-0.2, 0) is 0 Å². The van der Waals surface area contributed by atoms with E-state index in [1.165, 1.54) is 0 Å². The number of hydrogen-bond donors (Lipinski definition) is 3. The number of nitrogens with two attached hydrogens (primary N) is 1. The number of hydrazine groups is 1. The summed E-state index contributed by atoms with van der Waals surface area (Å²) in [6, 6.07) is 3.17. The molecule has 0 atom stereocenters. The van der Waals surface area contributed by atoms with E-state index in [0.29, 0.717) is 12.4 Å². The molecule has 0 radical (unpaired) electrons. The number of amides is 1. The van der Waals surface area contributed by atoms with Crippen molar-refractivity contribution < 1.29 is 4.79 Å². The van der Waals surface area contributed by atoms with Gasteiger partial charge in [-0.2, -0.15) is 0 Å². The predicted molar refractivity (Wildman–Crippen MR) is 61.6 cm³/mol. The first kappa shape index (κ1) is 12.4. The third kappa shape index (κ3) is 3.82. The summed E-state index contributed by atoms with van der Waals surface area (Å²) in [4.78, 5) is 11.6. The Morgan fingerprint density at radius 1 is 1.38 bits per heavy atom. The Bertz CT molecular complexity index is 354. The minimum atomic E-state index is -0.231. The van der Waals surface area contributed by atoms with E-state index in [1.807, 2.05) is 20.8 Å². The molecular weight excluding hydrogens is 206 g/mol. The van der Waals surface area contributed by atoms with Crippen molar-refractivity contribution >= 4 is 11.7 Å². The second-order valence-corrected chi connectivity index (χ2v) is 4.69. The molecule has 1 amide bonds. The molecule has 6 nitrogen and oxygen atoms in total. The van der Waals surface area contributed by atoms with Gasteiger partial charge in [0.1, 0.15) is 0 Å². The summed E-state index contributed by atoms with van der Waals surface area (Å²) < 4.78 is 0. The maximum absolute atomic E-state index is 11.6. The molecule has 4 N–H and O–H groups in total. The van der Waals surface area contributed by atoms with Gasteiger partial charge in [-0.05, 0) is 17.5 Å². The van der Waals surface area contributed by atoms with Crippen LogP contribution < -0.4 is 16.6 Å². The number of anilines is 1. The molecule has 0 spiro atoms. The highest BCUT2D eigenvalue weighted by Gasteiger charge is 2.13. The topological polar surface area (TPSA) is 92.9 Å². The van der Waals surface area contributed by atoms with Gasteiger partial charge in [0.15, 0.2) is 11.5 Å². The summed E-state index contributed by atoms with van der Waals surface area (Å²) in [7, 11) is 0.